The summed E-state index contributed by atoms with van der Waals surface area (Å²) >= 11 is 0. The fourth-order valence-corrected chi connectivity index (χ4v) is 1.21. The minimum Gasteiger partial charge on any atom is -0.493 e. The Labute approximate surface area is 90.9 Å². The third-order valence-corrected chi connectivity index (χ3v) is 2.21. The van der Waals surface area contributed by atoms with Crippen molar-refractivity contribution in [1.29, 1.82) is 0 Å². The Kier molecular flexibility index (Phi) is 4.59. The summed E-state index contributed by atoms with van der Waals surface area (Å²) in [5.41, 5.74) is 6.83. The van der Waals surface area contributed by atoms with Gasteiger partial charge in [0.05, 0.1) is 12.7 Å². The predicted octanol–water partition coefficient (Wildman–Crippen LogP) is 1.86. The smallest absolute Gasteiger partial charge is 0.119 e. The van der Waals surface area contributed by atoms with Gasteiger partial charge in [0.2, 0.25) is 0 Å². The first-order valence-electron chi connectivity index (χ1n) is 5.26. The Bertz CT molecular complexity index is 280. The second-order valence-electron chi connectivity index (χ2n) is 3.84. The molecule has 3 nitrogen and oxygen atoms in total. The average Bonchev–Trinajstić information content (AvgIpc) is 2.18. The van der Waals surface area contributed by atoms with Crippen LogP contribution in [0.15, 0.2) is 24.3 Å². The molecule has 0 radical (unpaired) electrons. The van der Waals surface area contributed by atoms with E-state index in [0.29, 0.717) is 13.0 Å². The second kappa shape index (κ2) is 5.73. The van der Waals surface area contributed by atoms with Gasteiger partial charge in [-0.25, -0.2) is 0 Å². The van der Waals surface area contributed by atoms with Gasteiger partial charge in [-0.3, -0.25) is 0 Å². The summed E-state index contributed by atoms with van der Waals surface area (Å²) in [6.45, 7) is 4.24. The molecule has 0 saturated carbocycles. The van der Waals surface area contributed by atoms with E-state index in [1.165, 1.54) is 0 Å². The highest BCUT2D eigenvalue weighted by molar-refractivity contribution is 5.28. The van der Waals surface area contributed by atoms with Crippen molar-refractivity contribution in [2.24, 2.45) is 5.73 Å². The maximum Gasteiger partial charge on any atom is 0.119 e. The Morgan fingerprint density at radius 3 is 2.33 bits per heavy atom. The van der Waals surface area contributed by atoms with Gasteiger partial charge in [0, 0.05) is 12.5 Å². The van der Waals surface area contributed by atoms with Crippen LogP contribution in [0.4, 0.5) is 0 Å². The van der Waals surface area contributed by atoms with E-state index in [0.717, 1.165) is 11.3 Å². The highest BCUT2D eigenvalue weighted by Crippen LogP contribution is 2.16. The fraction of sp³-hybridized carbons (Fsp3) is 0.500. The predicted molar refractivity (Wildman–Crippen MR) is 60.8 cm³/mol. The van der Waals surface area contributed by atoms with Crippen LogP contribution in [0.5, 0.6) is 5.75 Å². The summed E-state index contributed by atoms with van der Waals surface area (Å²) in [7, 11) is 0. The molecule has 0 fully saturated rings. The molecule has 0 spiro atoms. The number of aliphatic hydroxyl groups excluding tert-OH is 1. The summed E-state index contributed by atoms with van der Waals surface area (Å²) in [6.07, 6.45) is 0.336. The maximum atomic E-state index is 9.05. The maximum absolute atomic E-state index is 9.05. The molecule has 1 aromatic rings. The van der Waals surface area contributed by atoms with E-state index in [9.17, 15) is 0 Å². The SMILES string of the molecule is CC(O)CCOc1ccc(C(C)N)cc1. The zero-order chi connectivity index (χ0) is 11.3. The number of rotatable bonds is 5. The Morgan fingerprint density at radius 1 is 1.27 bits per heavy atom. The molecule has 0 aromatic heterocycles. The van der Waals surface area contributed by atoms with E-state index in [2.05, 4.69) is 0 Å². The number of benzene rings is 1. The number of hydrogen-bond acceptors (Lipinski definition) is 3. The Balaban J connectivity index is 2.43. The van der Waals surface area contributed by atoms with Gasteiger partial charge in [0.25, 0.3) is 0 Å². The fourth-order valence-electron chi connectivity index (χ4n) is 1.21. The molecular weight excluding hydrogens is 190 g/mol. The molecule has 3 heteroatoms. The lowest BCUT2D eigenvalue weighted by atomic mass is 10.1. The second-order valence-corrected chi connectivity index (χ2v) is 3.84. The Morgan fingerprint density at radius 2 is 1.87 bits per heavy atom. The van der Waals surface area contributed by atoms with Gasteiger partial charge in [0.15, 0.2) is 0 Å². The zero-order valence-corrected chi connectivity index (χ0v) is 9.31. The third kappa shape index (κ3) is 4.32. The molecule has 1 rings (SSSR count). The number of ether oxygens (including phenoxy) is 1. The first-order valence-corrected chi connectivity index (χ1v) is 5.26. The van der Waals surface area contributed by atoms with Gasteiger partial charge < -0.3 is 15.6 Å². The molecular formula is C12H19NO2. The molecule has 2 unspecified atom stereocenters. The van der Waals surface area contributed by atoms with Crippen LogP contribution in [0.3, 0.4) is 0 Å². The van der Waals surface area contributed by atoms with Crippen molar-refractivity contribution >= 4 is 0 Å². The molecule has 0 aliphatic heterocycles. The van der Waals surface area contributed by atoms with Crippen LogP contribution in [0.25, 0.3) is 0 Å². The van der Waals surface area contributed by atoms with Crippen LogP contribution < -0.4 is 10.5 Å². The molecule has 0 saturated heterocycles. The summed E-state index contributed by atoms with van der Waals surface area (Å²) in [5.74, 6) is 0.819. The number of aliphatic hydroxyl groups is 1. The van der Waals surface area contributed by atoms with E-state index in [1.54, 1.807) is 6.92 Å². The molecule has 84 valence electrons. The Hall–Kier alpha value is -1.06. The monoisotopic (exact) mass is 209 g/mol. The molecule has 1 aromatic carbocycles. The van der Waals surface area contributed by atoms with Crippen LogP contribution in [-0.4, -0.2) is 17.8 Å². The van der Waals surface area contributed by atoms with E-state index in [-0.39, 0.29) is 12.1 Å². The van der Waals surface area contributed by atoms with Crippen LogP contribution in [-0.2, 0) is 0 Å². The van der Waals surface area contributed by atoms with Gasteiger partial charge >= 0.3 is 0 Å². The molecule has 0 heterocycles. The van der Waals surface area contributed by atoms with Crippen molar-refractivity contribution in [3.63, 3.8) is 0 Å². The van der Waals surface area contributed by atoms with Crippen LogP contribution in [0, 0.1) is 0 Å². The standard InChI is InChI=1S/C12H19NO2/c1-9(14)7-8-15-12-5-3-11(4-6-12)10(2)13/h3-6,9-10,14H,7-8,13H2,1-2H3. The number of hydrogen-bond donors (Lipinski definition) is 2. The van der Waals surface area contributed by atoms with E-state index in [1.807, 2.05) is 31.2 Å². The first kappa shape index (κ1) is 12.0. The lowest BCUT2D eigenvalue weighted by molar-refractivity contribution is 0.155. The zero-order valence-electron chi connectivity index (χ0n) is 9.31. The van der Waals surface area contributed by atoms with Gasteiger partial charge in [-0.15, -0.1) is 0 Å². The highest BCUT2D eigenvalue weighted by Gasteiger charge is 2.00. The van der Waals surface area contributed by atoms with Crippen molar-refractivity contribution in [3.05, 3.63) is 29.8 Å². The minimum atomic E-state index is -0.312. The minimum absolute atomic E-state index is 0.0523. The summed E-state index contributed by atoms with van der Waals surface area (Å²) in [5, 5.41) is 9.05. The molecule has 0 bridgehead atoms. The van der Waals surface area contributed by atoms with Crippen molar-refractivity contribution < 1.29 is 9.84 Å². The van der Waals surface area contributed by atoms with Gasteiger partial charge in [-0.2, -0.15) is 0 Å². The van der Waals surface area contributed by atoms with E-state index in [4.69, 9.17) is 15.6 Å². The molecule has 2 atom stereocenters. The van der Waals surface area contributed by atoms with Gasteiger partial charge in [-0.1, -0.05) is 12.1 Å². The van der Waals surface area contributed by atoms with Crippen molar-refractivity contribution in [3.8, 4) is 5.75 Å². The van der Waals surface area contributed by atoms with Gasteiger partial charge in [0.1, 0.15) is 5.75 Å². The first-order chi connectivity index (χ1) is 7.09. The van der Waals surface area contributed by atoms with Crippen LogP contribution >= 0.6 is 0 Å². The summed E-state index contributed by atoms with van der Waals surface area (Å²) < 4.78 is 5.45. The topological polar surface area (TPSA) is 55.5 Å². The normalized spacial score (nSPS) is 14.7. The van der Waals surface area contributed by atoms with Gasteiger partial charge in [-0.05, 0) is 31.5 Å². The summed E-state index contributed by atoms with van der Waals surface area (Å²) in [6, 6.07) is 7.78. The van der Waals surface area contributed by atoms with Crippen LogP contribution in [0.2, 0.25) is 0 Å². The quantitative estimate of drug-likeness (QED) is 0.778. The molecule has 0 amide bonds. The summed E-state index contributed by atoms with van der Waals surface area (Å²) in [4.78, 5) is 0. The molecule has 15 heavy (non-hydrogen) atoms. The third-order valence-electron chi connectivity index (χ3n) is 2.21. The van der Waals surface area contributed by atoms with Crippen molar-refractivity contribution in [1.82, 2.24) is 0 Å². The van der Waals surface area contributed by atoms with E-state index < -0.39 is 0 Å². The molecule has 0 aliphatic rings. The van der Waals surface area contributed by atoms with E-state index >= 15 is 0 Å². The highest BCUT2D eigenvalue weighted by atomic mass is 16.5. The molecule has 3 N–H and O–H groups in total. The lowest BCUT2D eigenvalue weighted by Crippen LogP contribution is -2.08. The molecule has 0 aliphatic carbocycles. The lowest BCUT2D eigenvalue weighted by Gasteiger charge is -2.09. The van der Waals surface area contributed by atoms with Crippen LogP contribution in [0.1, 0.15) is 31.9 Å². The largest absolute Gasteiger partial charge is 0.493 e. The number of nitrogens with two attached hydrogens (primary N) is 1. The van der Waals surface area contributed by atoms with Crippen molar-refractivity contribution in [2.45, 2.75) is 32.4 Å². The van der Waals surface area contributed by atoms with Crippen molar-refractivity contribution in [2.75, 3.05) is 6.61 Å². The average molecular weight is 209 g/mol.